The molecule has 1 fully saturated rings. The van der Waals surface area contributed by atoms with Crippen LogP contribution in [0, 0.1) is 0 Å². The Morgan fingerprint density at radius 2 is 2.19 bits per heavy atom. The predicted molar refractivity (Wildman–Crippen MR) is 97.9 cm³/mol. The van der Waals surface area contributed by atoms with Crippen LogP contribution in [0.1, 0.15) is 16.9 Å². The van der Waals surface area contributed by atoms with Crippen molar-refractivity contribution in [2.24, 2.45) is 0 Å². The summed E-state index contributed by atoms with van der Waals surface area (Å²) in [7, 11) is 5.16. The first-order valence-corrected chi connectivity index (χ1v) is 8.55. The number of amides is 1. The molecule has 1 aliphatic heterocycles. The Kier molecular flexibility index (Phi) is 5.63. The fourth-order valence-electron chi connectivity index (χ4n) is 2.90. The molecule has 1 aliphatic rings. The molecule has 3 heterocycles. The largest absolute Gasteiger partial charge is 0.480 e. The van der Waals surface area contributed by atoms with Crippen molar-refractivity contribution in [2.75, 3.05) is 44.1 Å². The van der Waals surface area contributed by atoms with Crippen molar-refractivity contribution < 1.29 is 13.9 Å². The standard InChI is InChI=1S/C17H22FN7O2/c1-24(2)17-19-7-6-14(21-17)25-10-11(18)8-12(25)9-20-16(26)13-4-5-15(27-3)23-22-13/h4-7,11-12H,8-10H2,1-3H3,(H,20,26)/t11-,12-/m0/s1. The zero-order valence-corrected chi connectivity index (χ0v) is 15.5. The number of alkyl halides is 1. The number of carbonyl (C=O) groups is 1. The van der Waals surface area contributed by atoms with Crippen LogP contribution in [0.3, 0.4) is 0 Å². The molecule has 27 heavy (non-hydrogen) atoms. The highest BCUT2D eigenvalue weighted by Crippen LogP contribution is 2.26. The first kappa shape index (κ1) is 18.7. The molecular formula is C17H22FN7O2. The number of carbonyl (C=O) groups excluding carboxylic acids is 1. The number of anilines is 2. The van der Waals surface area contributed by atoms with E-state index in [9.17, 15) is 9.18 Å². The van der Waals surface area contributed by atoms with Crippen LogP contribution in [-0.4, -0.2) is 72.6 Å². The lowest BCUT2D eigenvalue weighted by atomic mass is 10.2. The zero-order valence-electron chi connectivity index (χ0n) is 15.5. The van der Waals surface area contributed by atoms with Gasteiger partial charge in [-0.25, -0.2) is 9.37 Å². The number of aromatic nitrogens is 4. The summed E-state index contributed by atoms with van der Waals surface area (Å²) in [6.07, 6.45) is 0.979. The molecule has 144 valence electrons. The SMILES string of the molecule is COc1ccc(C(=O)NC[C@@H]2C[C@H](F)CN2c2ccnc(N(C)C)n2)nn1. The van der Waals surface area contributed by atoms with Crippen molar-refractivity contribution >= 4 is 17.7 Å². The average molecular weight is 375 g/mol. The van der Waals surface area contributed by atoms with E-state index in [4.69, 9.17) is 4.74 Å². The maximum atomic E-state index is 14.1. The smallest absolute Gasteiger partial charge is 0.271 e. The number of nitrogens with one attached hydrogen (secondary N) is 1. The van der Waals surface area contributed by atoms with Crippen molar-refractivity contribution in [1.29, 1.82) is 0 Å². The Hall–Kier alpha value is -3.04. The number of rotatable bonds is 6. The van der Waals surface area contributed by atoms with E-state index in [0.29, 0.717) is 24.1 Å². The number of hydrogen-bond acceptors (Lipinski definition) is 8. The first-order valence-electron chi connectivity index (χ1n) is 8.55. The highest BCUT2D eigenvalue weighted by Gasteiger charge is 2.33. The lowest BCUT2D eigenvalue weighted by molar-refractivity contribution is 0.0944. The summed E-state index contributed by atoms with van der Waals surface area (Å²) in [4.78, 5) is 24.6. The molecule has 3 rings (SSSR count). The van der Waals surface area contributed by atoms with Crippen LogP contribution >= 0.6 is 0 Å². The van der Waals surface area contributed by atoms with E-state index >= 15 is 0 Å². The molecule has 2 atom stereocenters. The Bertz CT molecular complexity index is 787. The molecular weight excluding hydrogens is 353 g/mol. The summed E-state index contributed by atoms with van der Waals surface area (Å²) < 4.78 is 19.0. The van der Waals surface area contributed by atoms with Crippen LogP contribution in [0.4, 0.5) is 16.2 Å². The van der Waals surface area contributed by atoms with Gasteiger partial charge in [0.1, 0.15) is 12.0 Å². The molecule has 10 heteroatoms. The molecule has 0 radical (unpaired) electrons. The molecule has 1 saturated heterocycles. The van der Waals surface area contributed by atoms with E-state index in [1.807, 2.05) is 19.0 Å². The highest BCUT2D eigenvalue weighted by atomic mass is 19.1. The third kappa shape index (κ3) is 4.39. The molecule has 0 aromatic carbocycles. The van der Waals surface area contributed by atoms with Gasteiger partial charge in [-0.1, -0.05) is 0 Å². The molecule has 0 spiro atoms. The Morgan fingerprint density at radius 3 is 2.85 bits per heavy atom. The third-order valence-corrected chi connectivity index (χ3v) is 4.27. The molecule has 1 amide bonds. The van der Waals surface area contributed by atoms with E-state index in [0.717, 1.165) is 0 Å². The summed E-state index contributed by atoms with van der Waals surface area (Å²) in [5.74, 6) is 1.14. The predicted octanol–water partition coefficient (Wildman–Crippen LogP) is 0.688. The van der Waals surface area contributed by atoms with Gasteiger partial charge in [0, 0.05) is 39.3 Å². The van der Waals surface area contributed by atoms with Gasteiger partial charge in [-0.2, -0.15) is 4.98 Å². The second kappa shape index (κ2) is 8.11. The van der Waals surface area contributed by atoms with Gasteiger partial charge in [0.05, 0.1) is 19.7 Å². The molecule has 9 nitrogen and oxygen atoms in total. The Labute approximate surface area is 156 Å². The molecule has 2 aromatic rings. The van der Waals surface area contributed by atoms with E-state index in [1.165, 1.54) is 13.2 Å². The number of halogens is 1. The Morgan fingerprint density at radius 1 is 1.37 bits per heavy atom. The minimum absolute atomic E-state index is 0.175. The lowest BCUT2D eigenvalue weighted by Crippen LogP contribution is -2.41. The second-order valence-corrected chi connectivity index (χ2v) is 6.42. The van der Waals surface area contributed by atoms with Gasteiger partial charge in [0.15, 0.2) is 5.69 Å². The fourth-order valence-corrected chi connectivity index (χ4v) is 2.90. The maximum Gasteiger partial charge on any atom is 0.271 e. The minimum Gasteiger partial charge on any atom is -0.480 e. The third-order valence-electron chi connectivity index (χ3n) is 4.27. The lowest BCUT2D eigenvalue weighted by Gasteiger charge is -2.26. The van der Waals surface area contributed by atoms with Crippen molar-refractivity contribution in [2.45, 2.75) is 18.6 Å². The maximum absolute atomic E-state index is 14.1. The normalized spacial score (nSPS) is 19.0. The van der Waals surface area contributed by atoms with E-state index in [-0.39, 0.29) is 30.7 Å². The number of ether oxygens (including phenoxy) is 1. The number of hydrogen-bond donors (Lipinski definition) is 1. The molecule has 2 aromatic heterocycles. The van der Waals surface area contributed by atoms with Crippen molar-refractivity contribution in [1.82, 2.24) is 25.5 Å². The minimum atomic E-state index is -0.981. The highest BCUT2D eigenvalue weighted by molar-refractivity contribution is 5.92. The molecule has 0 saturated carbocycles. The Balaban J connectivity index is 1.67. The van der Waals surface area contributed by atoms with Gasteiger partial charge in [0.2, 0.25) is 11.8 Å². The van der Waals surface area contributed by atoms with Crippen LogP contribution in [0.25, 0.3) is 0 Å². The van der Waals surface area contributed by atoms with Crippen molar-refractivity contribution in [3.05, 3.63) is 30.1 Å². The number of nitrogens with zero attached hydrogens (tertiary/aromatic N) is 6. The van der Waals surface area contributed by atoms with Gasteiger partial charge in [-0.3, -0.25) is 4.79 Å². The molecule has 0 aliphatic carbocycles. The van der Waals surface area contributed by atoms with Crippen LogP contribution in [-0.2, 0) is 0 Å². The monoisotopic (exact) mass is 375 g/mol. The van der Waals surface area contributed by atoms with Gasteiger partial charge >= 0.3 is 0 Å². The van der Waals surface area contributed by atoms with Crippen LogP contribution < -0.4 is 19.9 Å². The molecule has 1 N–H and O–H groups in total. The second-order valence-electron chi connectivity index (χ2n) is 6.42. The van der Waals surface area contributed by atoms with E-state index < -0.39 is 6.17 Å². The van der Waals surface area contributed by atoms with Gasteiger partial charge < -0.3 is 19.9 Å². The van der Waals surface area contributed by atoms with Crippen LogP contribution in [0.5, 0.6) is 5.88 Å². The summed E-state index contributed by atoms with van der Waals surface area (Å²) in [6, 6.07) is 4.62. The topological polar surface area (TPSA) is 96.4 Å². The van der Waals surface area contributed by atoms with Crippen molar-refractivity contribution in [3.63, 3.8) is 0 Å². The first-order chi connectivity index (χ1) is 13.0. The quantitative estimate of drug-likeness (QED) is 0.788. The molecule has 0 bridgehead atoms. The van der Waals surface area contributed by atoms with E-state index in [1.54, 1.807) is 23.2 Å². The summed E-state index contributed by atoms with van der Waals surface area (Å²) >= 11 is 0. The fraction of sp³-hybridized carbons (Fsp3) is 0.471. The van der Waals surface area contributed by atoms with Gasteiger partial charge in [-0.15, -0.1) is 10.2 Å². The van der Waals surface area contributed by atoms with Gasteiger partial charge in [-0.05, 0) is 12.1 Å². The molecule has 0 unspecified atom stereocenters. The summed E-state index contributed by atoms with van der Waals surface area (Å²) in [5.41, 5.74) is 0.175. The van der Waals surface area contributed by atoms with Crippen molar-refractivity contribution in [3.8, 4) is 5.88 Å². The number of methoxy groups -OCH3 is 1. The zero-order chi connectivity index (χ0) is 19.4. The summed E-state index contributed by atoms with van der Waals surface area (Å²) in [6.45, 7) is 0.501. The van der Waals surface area contributed by atoms with Crippen LogP contribution in [0.15, 0.2) is 24.4 Å². The van der Waals surface area contributed by atoms with Crippen LogP contribution in [0.2, 0.25) is 0 Å². The van der Waals surface area contributed by atoms with Gasteiger partial charge in [0.25, 0.3) is 5.91 Å². The van der Waals surface area contributed by atoms with E-state index in [2.05, 4.69) is 25.5 Å². The average Bonchev–Trinajstić information content (AvgIpc) is 3.07. The summed E-state index contributed by atoms with van der Waals surface area (Å²) in [5, 5.41) is 10.4.